The quantitative estimate of drug-likeness (QED) is 0.434. The fourth-order valence-electron chi connectivity index (χ4n) is 4.51. The zero-order chi connectivity index (χ0) is 22.2. The lowest BCUT2D eigenvalue weighted by atomic mass is 9.86. The lowest BCUT2D eigenvalue weighted by Crippen LogP contribution is -2.31. The average molecular weight is 443 g/mol. The summed E-state index contributed by atoms with van der Waals surface area (Å²) in [6.07, 6.45) is 7.35. The molecule has 0 unspecified atom stereocenters. The van der Waals surface area contributed by atoms with Crippen LogP contribution in [0.3, 0.4) is 0 Å². The van der Waals surface area contributed by atoms with Crippen molar-refractivity contribution in [3.8, 4) is 16.9 Å². The molecular formula is C24H30N2O4S. The number of fused-ring (bicyclic) bond motifs is 1. The van der Waals surface area contributed by atoms with E-state index in [0.29, 0.717) is 22.7 Å². The molecule has 1 aliphatic carbocycles. The lowest BCUT2D eigenvalue weighted by molar-refractivity contribution is -0.586. The van der Waals surface area contributed by atoms with Crippen LogP contribution in [0, 0.1) is 18.0 Å². The Hall–Kier alpha value is -2.54. The molecule has 7 heteroatoms. The Kier molecular flexibility index (Phi) is 5.97. The van der Waals surface area contributed by atoms with E-state index >= 15 is 0 Å². The summed E-state index contributed by atoms with van der Waals surface area (Å²) in [6, 6.07) is 8.75. The Balaban J connectivity index is 1.82. The van der Waals surface area contributed by atoms with Crippen LogP contribution in [0.4, 0.5) is 0 Å². The molecule has 0 bridgehead atoms. The number of pyridine rings is 1. The van der Waals surface area contributed by atoms with Crippen molar-refractivity contribution in [2.24, 2.45) is 5.92 Å². The van der Waals surface area contributed by atoms with Gasteiger partial charge in [-0.25, -0.2) is 18.1 Å². The molecule has 1 saturated carbocycles. The molecule has 166 valence electrons. The third-order valence-electron chi connectivity index (χ3n) is 6.54. The topological polar surface area (TPSA) is 86.1 Å². The number of sulfone groups is 1. The van der Waals surface area contributed by atoms with Crippen LogP contribution in [0.1, 0.15) is 51.6 Å². The number of rotatable bonds is 6. The van der Waals surface area contributed by atoms with E-state index in [1.807, 2.05) is 12.1 Å². The van der Waals surface area contributed by atoms with Gasteiger partial charge in [-0.1, -0.05) is 20.3 Å². The number of H-pyrrole nitrogens is 1. The fourth-order valence-corrected chi connectivity index (χ4v) is 5.42. The second-order valence-electron chi connectivity index (χ2n) is 8.46. The smallest absolute Gasteiger partial charge is 0.290 e. The van der Waals surface area contributed by atoms with Crippen LogP contribution in [0.2, 0.25) is 0 Å². The van der Waals surface area contributed by atoms with E-state index in [0.717, 1.165) is 47.3 Å². The van der Waals surface area contributed by atoms with Crippen molar-refractivity contribution in [1.29, 1.82) is 0 Å². The standard InChI is InChI=1S/C24H30N2O4S/c1-4-17-6-8-18(9-7-17)30-23-11-10-19(31(28,29)5-2)15-22(23)21-14-16(3)26(27)24-20(21)12-13-25-24/h10-15,17-18,25H,4-9H2,1-3H3/t17-,18-. The summed E-state index contributed by atoms with van der Waals surface area (Å²) in [5.74, 6) is 1.46. The summed E-state index contributed by atoms with van der Waals surface area (Å²) in [5, 5.41) is 13.2. The van der Waals surface area contributed by atoms with E-state index in [4.69, 9.17) is 4.74 Å². The number of aromatic amines is 1. The van der Waals surface area contributed by atoms with Gasteiger partial charge in [0.25, 0.3) is 5.65 Å². The minimum absolute atomic E-state index is 0.0294. The summed E-state index contributed by atoms with van der Waals surface area (Å²) < 4.78 is 32.5. The molecule has 0 spiro atoms. The highest BCUT2D eigenvalue weighted by molar-refractivity contribution is 7.91. The van der Waals surface area contributed by atoms with E-state index in [1.165, 1.54) is 6.42 Å². The third-order valence-corrected chi connectivity index (χ3v) is 8.27. The molecular weight excluding hydrogens is 412 g/mol. The maximum absolute atomic E-state index is 12.6. The minimum atomic E-state index is -3.38. The number of benzene rings is 1. The van der Waals surface area contributed by atoms with E-state index < -0.39 is 9.84 Å². The first-order chi connectivity index (χ1) is 14.8. The maximum atomic E-state index is 12.6. The zero-order valence-electron chi connectivity index (χ0n) is 18.3. The summed E-state index contributed by atoms with van der Waals surface area (Å²) in [6.45, 7) is 5.62. The Morgan fingerprint density at radius 1 is 1.10 bits per heavy atom. The highest BCUT2D eigenvalue weighted by atomic mass is 32.2. The fraction of sp³-hybridized carbons (Fsp3) is 0.458. The Morgan fingerprint density at radius 3 is 2.52 bits per heavy atom. The molecule has 3 aromatic rings. The van der Waals surface area contributed by atoms with Gasteiger partial charge >= 0.3 is 0 Å². The summed E-state index contributed by atoms with van der Waals surface area (Å²) >= 11 is 0. The van der Waals surface area contributed by atoms with Gasteiger partial charge in [-0.15, -0.1) is 0 Å². The van der Waals surface area contributed by atoms with Crippen LogP contribution < -0.4 is 9.47 Å². The molecule has 2 aromatic heterocycles. The minimum Gasteiger partial charge on any atom is -0.710 e. The molecule has 0 saturated heterocycles. The largest absolute Gasteiger partial charge is 0.710 e. The number of aromatic nitrogens is 2. The average Bonchev–Trinajstić information content (AvgIpc) is 3.27. The van der Waals surface area contributed by atoms with Gasteiger partial charge in [0, 0.05) is 11.1 Å². The third kappa shape index (κ3) is 4.15. The predicted molar refractivity (Wildman–Crippen MR) is 122 cm³/mol. The van der Waals surface area contributed by atoms with Gasteiger partial charge in [0.15, 0.2) is 9.84 Å². The van der Waals surface area contributed by atoms with Crippen molar-refractivity contribution in [1.82, 2.24) is 4.98 Å². The molecule has 1 fully saturated rings. The van der Waals surface area contributed by atoms with Crippen LogP contribution in [-0.2, 0) is 9.84 Å². The highest BCUT2D eigenvalue weighted by Gasteiger charge is 2.25. The molecule has 0 radical (unpaired) electrons. The molecule has 4 rings (SSSR count). The molecule has 1 aromatic carbocycles. The van der Waals surface area contributed by atoms with Gasteiger partial charge in [0.05, 0.1) is 28.3 Å². The van der Waals surface area contributed by atoms with Crippen LogP contribution in [0.15, 0.2) is 41.4 Å². The van der Waals surface area contributed by atoms with E-state index in [-0.39, 0.29) is 16.8 Å². The summed E-state index contributed by atoms with van der Waals surface area (Å²) in [7, 11) is -3.38. The van der Waals surface area contributed by atoms with Gasteiger partial charge in [0.2, 0.25) is 0 Å². The number of nitrogens with zero attached hydrogens (tertiary/aromatic N) is 1. The SMILES string of the molecule is CCS(=O)(=O)c1ccc(O[C@H]2CC[C@H](CC)CC2)c(-c2cc(C)[n+]([O-])c3[nH]ccc23)c1. The predicted octanol–water partition coefficient (Wildman–Crippen LogP) is 4.92. The molecule has 31 heavy (non-hydrogen) atoms. The van der Waals surface area contributed by atoms with Gasteiger partial charge in [0.1, 0.15) is 11.4 Å². The highest BCUT2D eigenvalue weighted by Crippen LogP contribution is 2.39. The molecule has 6 nitrogen and oxygen atoms in total. The first kappa shape index (κ1) is 21.7. The Morgan fingerprint density at radius 2 is 1.84 bits per heavy atom. The van der Waals surface area contributed by atoms with Crippen LogP contribution in [-0.4, -0.2) is 25.3 Å². The van der Waals surface area contributed by atoms with Crippen molar-refractivity contribution in [3.05, 3.63) is 47.4 Å². The van der Waals surface area contributed by atoms with Crippen molar-refractivity contribution < 1.29 is 17.9 Å². The Bertz CT molecular complexity index is 1190. The van der Waals surface area contributed by atoms with Crippen molar-refractivity contribution in [2.45, 2.75) is 63.9 Å². The van der Waals surface area contributed by atoms with E-state index in [9.17, 15) is 13.6 Å². The number of ether oxygens (including phenoxy) is 1. The maximum Gasteiger partial charge on any atom is 0.290 e. The lowest BCUT2D eigenvalue weighted by Gasteiger charge is -2.29. The van der Waals surface area contributed by atoms with E-state index in [2.05, 4.69) is 11.9 Å². The Labute approximate surface area is 183 Å². The zero-order valence-corrected chi connectivity index (χ0v) is 19.2. The molecule has 2 heterocycles. The monoisotopic (exact) mass is 442 g/mol. The van der Waals surface area contributed by atoms with E-state index in [1.54, 1.807) is 38.2 Å². The van der Waals surface area contributed by atoms with Crippen molar-refractivity contribution in [2.75, 3.05) is 5.75 Å². The number of hydrogen-bond donors (Lipinski definition) is 1. The molecule has 0 amide bonds. The van der Waals surface area contributed by atoms with Gasteiger partial charge < -0.3 is 9.94 Å². The van der Waals surface area contributed by atoms with Gasteiger partial charge in [-0.05, 0) is 68.9 Å². The van der Waals surface area contributed by atoms with Gasteiger partial charge in [-0.2, -0.15) is 0 Å². The van der Waals surface area contributed by atoms with Crippen LogP contribution >= 0.6 is 0 Å². The van der Waals surface area contributed by atoms with Crippen molar-refractivity contribution in [3.63, 3.8) is 0 Å². The molecule has 0 atom stereocenters. The second-order valence-corrected chi connectivity index (χ2v) is 10.7. The van der Waals surface area contributed by atoms with Crippen molar-refractivity contribution >= 4 is 20.9 Å². The summed E-state index contributed by atoms with van der Waals surface area (Å²) in [4.78, 5) is 3.27. The summed E-state index contributed by atoms with van der Waals surface area (Å²) in [5.41, 5.74) is 2.49. The number of hydrogen-bond acceptors (Lipinski definition) is 4. The second kappa shape index (κ2) is 8.54. The van der Waals surface area contributed by atoms with Crippen LogP contribution in [0.5, 0.6) is 5.75 Å². The number of nitrogens with one attached hydrogen (secondary N) is 1. The van der Waals surface area contributed by atoms with Crippen LogP contribution in [0.25, 0.3) is 22.2 Å². The van der Waals surface area contributed by atoms with Gasteiger partial charge in [-0.3, -0.25) is 0 Å². The number of aryl methyl sites for hydroxylation is 1. The first-order valence-electron chi connectivity index (χ1n) is 11.1. The molecule has 1 N–H and O–H groups in total. The molecule has 1 aliphatic rings. The first-order valence-corrected chi connectivity index (χ1v) is 12.7. The molecule has 0 aliphatic heterocycles. The normalized spacial score (nSPS) is 19.6.